The highest BCUT2D eigenvalue weighted by Gasteiger charge is 2.24. The molecule has 0 amide bonds. The second-order valence-corrected chi connectivity index (χ2v) is 6.19. The lowest BCUT2D eigenvalue weighted by molar-refractivity contribution is 0.225. The van der Waals surface area contributed by atoms with Crippen LogP contribution in [-0.2, 0) is 0 Å². The van der Waals surface area contributed by atoms with Crippen molar-refractivity contribution in [1.82, 2.24) is 0 Å². The molecule has 0 radical (unpaired) electrons. The molecule has 1 aliphatic heterocycles. The average molecular weight is 332 g/mol. The minimum atomic E-state index is 0.268. The molecule has 0 bridgehead atoms. The van der Waals surface area contributed by atoms with E-state index in [4.69, 9.17) is 4.74 Å². The van der Waals surface area contributed by atoms with E-state index in [0.717, 1.165) is 29.7 Å². The summed E-state index contributed by atoms with van der Waals surface area (Å²) in [5, 5.41) is 0. The Balaban J connectivity index is 1.65. The van der Waals surface area contributed by atoms with Gasteiger partial charge >= 0.3 is 0 Å². The first-order valence-corrected chi connectivity index (χ1v) is 7.74. The van der Waals surface area contributed by atoms with Crippen LogP contribution in [0.15, 0.2) is 53.0 Å². The highest BCUT2D eigenvalue weighted by molar-refractivity contribution is 9.10. The van der Waals surface area contributed by atoms with E-state index in [1.807, 2.05) is 24.3 Å². The lowest BCUT2D eigenvalue weighted by atomic mass is 10.2. The van der Waals surface area contributed by atoms with Gasteiger partial charge in [0.25, 0.3) is 0 Å². The maximum atomic E-state index is 6.07. The van der Waals surface area contributed by atoms with Crippen LogP contribution in [0.4, 0.5) is 5.69 Å². The van der Waals surface area contributed by atoms with Crippen LogP contribution in [0, 0.1) is 6.92 Å². The highest BCUT2D eigenvalue weighted by Crippen LogP contribution is 2.25. The fourth-order valence-corrected chi connectivity index (χ4v) is 2.99. The zero-order valence-corrected chi connectivity index (χ0v) is 13.1. The Labute approximate surface area is 128 Å². The average Bonchev–Trinajstić information content (AvgIpc) is 2.87. The van der Waals surface area contributed by atoms with Crippen LogP contribution in [0.2, 0.25) is 0 Å². The Morgan fingerprint density at radius 1 is 1.15 bits per heavy atom. The van der Waals surface area contributed by atoms with E-state index in [1.54, 1.807) is 0 Å². The second-order valence-electron chi connectivity index (χ2n) is 5.27. The quantitative estimate of drug-likeness (QED) is 0.825. The van der Waals surface area contributed by atoms with Gasteiger partial charge < -0.3 is 9.64 Å². The first-order valence-electron chi connectivity index (χ1n) is 6.94. The topological polar surface area (TPSA) is 12.5 Å². The van der Waals surface area contributed by atoms with Crippen molar-refractivity contribution in [3.05, 3.63) is 58.6 Å². The summed E-state index contributed by atoms with van der Waals surface area (Å²) in [6.45, 7) is 4.15. The van der Waals surface area contributed by atoms with E-state index < -0.39 is 0 Å². The molecular weight excluding hydrogens is 314 g/mol. The molecule has 1 heterocycles. The van der Waals surface area contributed by atoms with Crippen LogP contribution in [-0.4, -0.2) is 19.2 Å². The number of nitrogens with zero attached hydrogens (tertiary/aromatic N) is 1. The van der Waals surface area contributed by atoms with Gasteiger partial charge in [0.15, 0.2) is 0 Å². The molecule has 104 valence electrons. The molecule has 0 aliphatic carbocycles. The van der Waals surface area contributed by atoms with Crippen molar-refractivity contribution in [2.24, 2.45) is 0 Å². The maximum Gasteiger partial charge on any atom is 0.120 e. The molecule has 1 saturated heterocycles. The number of rotatable bonds is 3. The number of halogens is 1. The molecule has 2 aromatic rings. The Bertz CT molecular complexity index is 599. The number of anilines is 1. The van der Waals surface area contributed by atoms with Gasteiger partial charge in [0.05, 0.1) is 6.54 Å². The number of aryl methyl sites for hydroxylation is 1. The van der Waals surface area contributed by atoms with Gasteiger partial charge in [-0.25, -0.2) is 0 Å². The summed E-state index contributed by atoms with van der Waals surface area (Å²) >= 11 is 3.48. The zero-order valence-electron chi connectivity index (χ0n) is 11.6. The third-order valence-electron chi connectivity index (χ3n) is 3.61. The lowest BCUT2D eigenvalue weighted by Crippen LogP contribution is -2.24. The van der Waals surface area contributed by atoms with Crippen LogP contribution >= 0.6 is 15.9 Å². The molecule has 0 N–H and O–H groups in total. The summed E-state index contributed by atoms with van der Waals surface area (Å²) in [4.78, 5) is 2.40. The van der Waals surface area contributed by atoms with Crippen molar-refractivity contribution in [2.75, 3.05) is 18.0 Å². The van der Waals surface area contributed by atoms with Crippen molar-refractivity contribution in [1.29, 1.82) is 0 Å². The molecule has 0 aromatic heterocycles. The molecule has 3 heteroatoms. The molecule has 0 saturated carbocycles. The van der Waals surface area contributed by atoms with E-state index in [0.29, 0.717) is 0 Å². The standard InChI is InChI=1S/C17H18BrNO/c1-13-4-2-6-15(10-13)19-9-8-17(12-19)20-16-7-3-5-14(18)11-16/h2-7,10-11,17H,8-9,12H2,1H3. The Morgan fingerprint density at radius 2 is 2.00 bits per heavy atom. The predicted octanol–water partition coefficient (Wildman–Crippen LogP) is 4.42. The molecule has 1 fully saturated rings. The highest BCUT2D eigenvalue weighted by atomic mass is 79.9. The summed E-state index contributed by atoms with van der Waals surface area (Å²) in [7, 11) is 0. The molecule has 1 atom stereocenters. The van der Waals surface area contributed by atoms with E-state index in [1.165, 1.54) is 11.3 Å². The number of ether oxygens (including phenoxy) is 1. The first-order chi connectivity index (χ1) is 9.70. The second kappa shape index (κ2) is 5.88. The molecule has 20 heavy (non-hydrogen) atoms. The van der Waals surface area contributed by atoms with Crippen molar-refractivity contribution in [3.63, 3.8) is 0 Å². The van der Waals surface area contributed by atoms with Crippen LogP contribution in [0.25, 0.3) is 0 Å². The molecule has 2 nitrogen and oxygen atoms in total. The summed E-state index contributed by atoms with van der Waals surface area (Å²) in [6, 6.07) is 16.7. The van der Waals surface area contributed by atoms with Crippen molar-refractivity contribution >= 4 is 21.6 Å². The summed E-state index contributed by atoms with van der Waals surface area (Å²) < 4.78 is 7.13. The molecular formula is C17H18BrNO. The SMILES string of the molecule is Cc1cccc(N2CCC(Oc3cccc(Br)c3)C2)c1. The molecule has 1 unspecified atom stereocenters. The van der Waals surface area contributed by atoms with Gasteiger partial charge in [-0.05, 0) is 42.8 Å². The summed E-state index contributed by atoms with van der Waals surface area (Å²) in [6.07, 6.45) is 1.34. The zero-order chi connectivity index (χ0) is 13.9. The third-order valence-corrected chi connectivity index (χ3v) is 4.10. The fraction of sp³-hybridized carbons (Fsp3) is 0.294. The van der Waals surface area contributed by atoms with Crippen molar-refractivity contribution in [2.45, 2.75) is 19.4 Å². The normalized spacial score (nSPS) is 18.3. The smallest absolute Gasteiger partial charge is 0.120 e. The van der Waals surface area contributed by atoms with Gasteiger partial charge in [0, 0.05) is 23.1 Å². The Morgan fingerprint density at radius 3 is 2.80 bits per heavy atom. The Kier molecular flexibility index (Phi) is 3.97. The van der Waals surface area contributed by atoms with Crippen LogP contribution < -0.4 is 9.64 Å². The fourth-order valence-electron chi connectivity index (χ4n) is 2.62. The number of hydrogen-bond donors (Lipinski definition) is 0. The summed E-state index contributed by atoms with van der Waals surface area (Å²) in [5.41, 5.74) is 2.60. The largest absolute Gasteiger partial charge is 0.488 e. The van der Waals surface area contributed by atoms with Crippen molar-refractivity contribution < 1.29 is 4.74 Å². The van der Waals surface area contributed by atoms with Crippen LogP contribution in [0.1, 0.15) is 12.0 Å². The van der Waals surface area contributed by atoms with Gasteiger partial charge in [-0.15, -0.1) is 0 Å². The molecule has 0 spiro atoms. The van der Waals surface area contributed by atoms with E-state index in [-0.39, 0.29) is 6.10 Å². The Hall–Kier alpha value is -1.48. The molecule has 1 aliphatic rings. The van der Waals surface area contributed by atoms with Gasteiger partial charge in [-0.3, -0.25) is 0 Å². The number of benzene rings is 2. The van der Waals surface area contributed by atoms with Gasteiger partial charge in [0.1, 0.15) is 11.9 Å². The monoisotopic (exact) mass is 331 g/mol. The lowest BCUT2D eigenvalue weighted by Gasteiger charge is -2.19. The predicted molar refractivity (Wildman–Crippen MR) is 86.6 cm³/mol. The minimum Gasteiger partial charge on any atom is -0.488 e. The molecule has 3 rings (SSSR count). The van der Waals surface area contributed by atoms with E-state index in [9.17, 15) is 0 Å². The van der Waals surface area contributed by atoms with Crippen LogP contribution in [0.3, 0.4) is 0 Å². The van der Waals surface area contributed by atoms with Crippen LogP contribution in [0.5, 0.6) is 5.75 Å². The molecule has 2 aromatic carbocycles. The first kappa shape index (κ1) is 13.5. The summed E-state index contributed by atoms with van der Waals surface area (Å²) in [5.74, 6) is 0.940. The minimum absolute atomic E-state index is 0.268. The van der Waals surface area contributed by atoms with E-state index in [2.05, 4.69) is 52.0 Å². The number of hydrogen-bond acceptors (Lipinski definition) is 2. The van der Waals surface area contributed by atoms with Gasteiger partial charge in [0.2, 0.25) is 0 Å². The third kappa shape index (κ3) is 3.15. The van der Waals surface area contributed by atoms with Gasteiger partial charge in [-0.1, -0.05) is 34.1 Å². The van der Waals surface area contributed by atoms with Crippen molar-refractivity contribution in [3.8, 4) is 5.75 Å². The maximum absolute atomic E-state index is 6.07. The van der Waals surface area contributed by atoms with E-state index >= 15 is 0 Å². The van der Waals surface area contributed by atoms with Gasteiger partial charge in [-0.2, -0.15) is 0 Å².